The molecule has 1 saturated heterocycles. The summed E-state index contributed by atoms with van der Waals surface area (Å²) in [4.78, 5) is 21.9. The third-order valence-corrected chi connectivity index (χ3v) is 2.18. The Kier molecular flexibility index (Phi) is 3.03. The maximum absolute atomic E-state index is 11.4. The number of carbonyl (C=O) groups is 2. The fourth-order valence-electron chi connectivity index (χ4n) is 1.40. The zero-order chi connectivity index (χ0) is 10.0. The summed E-state index contributed by atoms with van der Waals surface area (Å²) in [6.45, 7) is 3.58. The minimum Gasteiger partial charge on any atom is -0.479 e. The minimum absolute atomic E-state index is 0.00347. The van der Waals surface area contributed by atoms with Gasteiger partial charge in [-0.3, -0.25) is 4.79 Å². The van der Waals surface area contributed by atoms with E-state index in [2.05, 4.69) is 0 Å². The third kappa shape index (κ3) is 2.28. The highest BCUT2D eigenvalue weighted by atomic mass is 16.5. The Balaban J connectivity index is 2.50. The molecule has 0 amide bonds. The molecule has 0 aromatic heterocycles. The van der Waals surface area contributed by atoms with E-state index in [9.17, 15) is 9.59 Å². The lowest BCUT2D eigenvalue weighted by Crippen LogP contribution is -2.27. The Morgan fingerprint density at radius 1 is 1.31 bits per heavy atom. The van der Waals surface area contributed by atoms with E-state index in [-0.39, 0.29) is 11.7 Å². The average Bonchev–Trinajstić information content (AvgIpc) is 2.50. The van der Waals surface area contributed by atoms with Gasteiger partial charge in [0.05, 0.1) is 0 Å². The van der Waals surface area contributed by atoms with Gasteiger partial charge in [0.15, 0.2) is 11.9 Å². The molecule has 13 heavy (non-hydrogen) atoms. The second-order valence-corrected chi connectivity index (χ2v) is 3.59. The normalized spacial score (nSPS) is 27.9. The van der Waals surface area contributed by atoms with Gasteiger partial charge in [0, 0.05) is 5.92 Å². The zero-order valence-corrected chi connectivity index (χ0v) is 7.82. The molecule has 4 heteroatoms. The van der Waals surface area contributed by atoms with E-state index in [1.54, 1.807) is 13.8 Å². The van der Waals surface area contributed by atoms with Gasteiger partial charge in [-0.15, -0.1) is 0 Å². The lowest BCUT2D eigenvalue weighted by Gasteiger charge is -2.11. The van der Waals surface area contributed by atoms with Crippen molar-refractivity contribution in [1.29, 1.82) is 0 Å². The molecule has 1 rings (SSSR count). The van der Waals surface area contributed by atoms with Crippen molar-refractivity contribution in [2.45, 2.75) is 38.9 Å². The Labute approximate surface area is 76.9 Å². The van der Waals surface area contributed by atoms with Gasteiger partial charge in [-0.25, -0.2) is 4.79 Å². The van der Waals surface area contributed by atoms with E-state index in [1.165, 1.54) is 0 Å². The highest BCUT2D eigenvalue weighted by molar-refractivity contribution is 5.86. The van der Waals surface area contributed by atoms with Crippen LogP contribution in [0.2, 0.25) is 0 Å². The maximum atomic E-state index is 11.4. The summed E-state index contributed by atoms with van der Waals surface area (Å²) in [6, 6.07) is 0. The van der Waals surface area contributed by atoms with Crippen LogP contribution in [-0.2, 0) is 14.3 Å². The predicted octanol–water partition coefficient (Wildman–Crippen LogP) is 0.844. The summed E-state index contributed by atoms with van der Waals surface area (Å²) in [6.07, 6.45) is -0.305. The molecule has 4 nitrogen and oxygen atoms in total. The van der Waals surface area contributed by atoms with Crippen molar-refractivity contribution >= 4 is 11.8 Å². The number of Topliss-reactive ketones (excluding diaryl/α,β-unsaturated/α-hetero) is 1. The number of rotatable bonds is 3. The molecule has 1 aliphatic rings. The first-order valence-corrected chi connectivity index (χ1v) is 4.44. The molecule has 0 aromatic carbocycles. The van der Waals surface area contributed by atoms with Crippen LogP contribution in [0.15, 0.2) is 0 Å². The van der Waals surface area contributed by atoms with Crippen molar-refractivity contribution in [2.24, 2.45) is 5.92 Å². The number of aliphatic carboxylic acids is 1. The van der Waals surface area contributed by atoms with Crippen molar-refractivity contribution < 1.29 is 19.4 Å². The van der Waals surface area contributed by atoms with Gasteiger partial charge in [0.25, 0.3) is 0 Å². The van der Waals surface area contributed by atoms with Crippen LogP contribution >= 0.6 is 0 Å². The number of ether oxygens (including phenoxy) is 1. The zero-order valence-electron chi connectivity index (χ0n) is 7.82. The Morgan fingerprint density at radius 2 is 1.85 bits per heavy atom. The summed E-state index contributed by atoms with van der Waals surface area (Å²) < 4.78 is 5.10. The number of carboxylic acid groups (broad SMARTS) is 1. The molecule has 0 aliphatic carbocycles. The van der Waals surface area contributed by atoms with Gasteiger partial charge in [-0.1, -0.05) is 13.8 Å². The molecule has 74 valence electrons. The summed E-state index contributed by atoms with van der Waals surface area (Å²) in [5.74, 6) is -1.06. The smallest absolute Gasteiger partial charge is 0.332 e. The van der Waals surface area contributed by atoms with E-state index >= 15 is 0 Å². The van der Waals surface area contributed by atoms with Crippen molar-refractivity contribution in [2.75, 3.05) is 0 Å². The van der Waals surface area contributed by atoms with Crippen LogP contribution < -0.4 is 0 Å². The summed E-state index contributed by atoms with van der Waals surface area (Å²) in [7, 11) is 0. The Hall–Kier alpha value is -0.900. The number of ketones is 1. The molecule has 2 unspecified atom stereocenters. The molecule has 1 aliphatic heterocycles. The molecule has 0 saturated carbocycles. The van der Waals surface area contributed by atoms with Gasteiger partial charge < -0.3 is 9.84 Å². The van der Waals surface area contributed by atoms with Crippen LogP contribution in [-0.4, -0.2) is 29.1 Å². The van der Waals surface area contributed by atoms with Crippen LogP contribution in [0.4, 0.5) is 0 Å². The van der Waals surface area contributed by atoms with E-state index in [4.69, 9.17) is 9.84 Å². The van der Waals surface area contributed by atoms with Gasteiger partial charge in [0.2, 0.25) is 0 Å². The molecule has 1 heterocycles. The van der Waals surface area contributed by atoms with Gasteiger partial charge in [-0.2, -0.15) is 0 Å². The molecule has 1 fully saturated rings. The lowest BCUT2D eigenvalue weighted by molar-refractivity contribution is -0.152. The van der Waals surface area contributed by atoms with Crippen LogP contribution in [0.1, 0.15) is 26.7 Å². The Bertz CT molecular complexity index is 222. The summed E-state index contributed by atoms with van der Waals surface area (Å²) in [5.41, 5.74) is 0. The lowest BCUT2D eigenvalue weighted by atomic mass is 10.0. The second kappa shape index (κ2) is 3.87. The average molecular weight is 186 g/mol. The van der Waals surface area contributed by atoms with E-state index < -0.39 is 18.2 Å². The molecular formula is C9H14O4. The highest BCUT2D eigenvalue weighted by Crippen LogP contribution is 2.22. The maximum Gasteiger partial charge on any atom is 0.332 e. The molecule has 0 bridgehead atoms. The van der Waals surface area contributed by atoms with Crippen LogP contribution in [0, 0.1) is 5.92 Å². The Morgan fingerprint density at radius 3 is 2.23 bits per heavy atom. The summed E-state index contributed by atoms with van der Waals surface area (Å²) >= 11 is 0. The molecular weight excluding hydrogens is 172 g/mol. The van der Waals surface area contributed by atoms with Crippen molar-refractivity contribution in [3.8, 4) is 0 Å². The van der Waals surface area contributed by atoms with E-state index in [0.29, 0.717) is 12.8 Å². The first kappa shape index (κ1) is 10.2. The fraction of sp³-hybridized carbons (Fsp3) is 0.778. The van der Waals surface area contributed by atoms with Crippen molar-refractivity contribution in [3.63, 3.8) is 0 Å². The van der Waals surface area contributed by atoms with Gasteiger partial charge in [0.1, 0.15) is 6.10 Å². The molecule has 1 N–H and O–H groups in total. The molecule has 2 atom stereocenters. The first-order chi connectivity index (χ1) is 6.02. The van der Waals surface area contributed by atoms with Crippen LogP contribution in [0.25, 0.3) is 0 Å². The standard InChI is InChI=1S/C9H14O4/c1-5(2)8(10)6-3-4-7(13-6)9(11)12/h5-7H,3-4H2,1-2H3,(H,11,12). The highest BCUT2D eigenvalue weighted by Gasteiger charge is 2.35. The fourth-order valence-corrected chi connectivity index (χ4v) is 1.40. The van der Waals surface area contributed by atoms with E-state index in [0.717, 1.165) is 0 Å². The summed E-state index contributed by atoms with van der Waals surface area (Å²) in [5, 5.41) is 8.62. The van der Waals surface area contributed by atoms with Crippen molar-refractivity contribution in [1.82, 2.24) is 0 Å². The number of hydrogen-bond acceptors (Lipinski definition) is 3. The molecule has 0 spiro atoms. The second-order valence-electron chi connectivity index (χ2n) is 3.59. The quantitative estimate of drug-likeness (QED) is 0.709. The SMILES string of the molecule is CC(C)C(=O)C1CCC(C(=O)O)O1. The number of hydrogen-bond donors (Lipinski definition) is 1. The first-order valence-electron chi connectivity index (χ1n) is 4.44. The third-order valence-electron chi connectivity index (χ3n) is 2.18. The minimum atomic E-state index is -0.973. The molecule has 0 aromatic rings. The van der Waals surface area contributed by atoms with Crippen LogP contribution in [0.5, 0.6) is 0 Å². The van der Waals surface area contributed by atoms with Gasteiger partial charge >= 0.3 is 5.97 Å². The monoisotopic (exact) mass is 186 g/mol. The van der Waals surface area contributed by atoms with Crippen molar-refractivity contribution in [3.05, 3.63) is 0 Å². The largest absolute Gasteiger partial charge is 0.479 e. The number of carbonyl (C=O) groups excluding carboxylic acids is 1. The van der Waals surface area contributed by atoms with E-state index in [1.807, 2.05) is 0 Å². The van der Waals surface area contributed by atoms with Gasteiger partial charge in [-0.05, 0) is 12.8 Å². The van der Waals surface area contributed by atoms with Crippen LogP contribution in [0.3, 0.4) is 0 Å². The molecule has 0 radical (unpaired) electrons. The predicted molar refractivity (Wildman–Crippen MR) is 45.4 cm³/mol. The topological polar surface area (TPSA) is 63.6 Å². The number of carboxylic acids is 1.